The van der Waals surface area contributed by atoms with Crippen LogP contribution in [0.4, 0.5) is 11.4 Å². The molecule has 0 radical (unpaired) electrons. The van der Waals surface area contributed by atoms with Crippen molar-refractivity contribution in [1.82, 2.24) is 4.72 Å². The number of aliphatic hydroxyl groups is 1. The van der Waals surface area contributed by atoms with Gasteiger partial charge < -0.3 is 10.0 Å². The Kier molecular flexibility index (Phi) is 6.62. The third-order valence-electron chi connectivity index (χ3n) is 5.65. The molecule has 3 aromatic rings. The quantitative estimate of drug-likeness (QED) is 0.562. The first-order valence-electron chi connectivity index (χ1n) is 10.3. The van der Waals surface area contributed by atoms with E-state index in [2.05, 4.69) is 9.62 Å². The van der Waals surface area contributed by atoms with Gasteiger partial charge >= 0.3 is 0 Å². The summed E-state index contributed by atoms with van der Waals surface area (Å²) in [5, 5.41) is 11.8. The van der Waals surface area contributed by atoms with Crippen molar-refractivity contribution in [2.24, 2.45) is 0 Å². The van der Waals surface area contributed by atoms with E-state index in [0.29, 0.717) is 11.4 Å². The van der Waals surface area contributed by atoms with Crippen LogP contribution in [0.5, 0.6) is 0 Å². The van der Waals surface area contributed by atoms with Gasteiger partial charge in [0.15, 0.2) is 0 Å². The molecule has 1 aliphatic rings. The van der Waals surface area contributed by atoms with Gasteiger partial charge in [-0.15, -0.1) is 0 Å². The Balaban J connectivity index is 1.62. The van der Waals surface area contributed by atoms with Gasteiger partial charge in [0.1, 0.15) is 0 Å². The van der Waals surface area contributed by atoms with Crippen LogP contribution in [0.15, 0.2) is 89.8 Å². The van der Waals surface area contributed by atoms with Gasteiger partial charge in [-0.05, 0) is 67.8 Å². The van der Waals surface area contributed by atoms with Crippen LogP contribution in [0.25, 0.3) is 0 Å². The summed E-state index contributed by atoms with van der Waals surface area (Å²) < 4.78 is 28.5. The standard InChI is InChI=1S/C24H25ClN2O3S/c25-18-14-16-21(17-15-18)31(29,30)26-22-12-7-13-23(24(22)28)27(19-8-3-1-4-9-19)20-10-5-2-6-11-20/h1-6,8-11,14-17,22-24,26,28H,7,12-13H2/t22-,23+,24+/m0/s1. The lowest BCUT2D eigenvalue weighted by Crippen LogP contribution is -2.55. The molecular formula is C24H25ClN2O3S. The largest absolute Gasteiger partial charge is 0.389 e. The van der Waals surface area contributed by atoms with Crippen LogP contribution in [-0.4, -0.2) is 31.7 Å². The molecule has 162 valence electrons. The van der Waals surface area contributed by atoms with Gasteiger partial charge in [-0.3, -0.25) is 0 Å². The zero-order valence-electron chi connectivity index (χ0n) is 16.9. The number of hydrogen-bond donors (Lipinski definition) is 2. The summed E-state index contributed by atoms with van der Waals surface area (Å²) in [6.07, 6.45) is 1.24. The topological polar surface area (TPSA) is 69.6 Å². The lowest BCUT2D eigenvalue weighted by atomic mass is 9.87. The second kappa shape index (κ2) is 9.40. The number of nitrogens with one attached hydrogen (secondary N) is 1. The number of hydrogen-bond acceptors (Lipinski definition) is 4. The second-order valence-corrected chi connectivity index (χ2v) is 9.86. The highest BCUT2D eigenvalue weighted by Crippen LogP contribution is 2.34. The van der Waals surface area contributed by atoms with E-state index in [1.807, 2.05) is 60.7 Å². The molecule has 0 aliphatic heterocycles. The van der Waals surface area contributed by atoms with Crippen molar-refractivity contribution in [2.45, 2.75) is 42.3 Å². The van der Waals surface area contributed by atoms with Crippen LogP contribution in [0.1, 0.15) is 19.3 Å². The van der Waals surface area contributed by atoms with Gasteiger partial charge in [0.25, 0.3) is 0 Å². The zero-order valence-corrected chi connectivity index (χ0v) is 18.5. The second-order valence-electron chi connectivity index (χ2n) is 7.71. The van der Waals surface area contributed by atoms with Crippen molar-refractivity contribution < 1.29 is 13.5 Å². The molecule has 0 unspecified atom stereocenters. The Hall–Kier alpha value is -2.38. The molecule has 0 saturated heterocycles. The van der Waals surface area contributed by atoms with E-state index in [0.717, 1.165) is 24.2 Å². The van der Waals surface area contributed by atoms with E-state index in [1.165, 1.54) is 12.1 Å². The minimum atomic E-state index is -3.78. The van der Waals surface area contributed by atoms with Gasteiger partial charge in [0, 0.05) is 16.4 Å². The van der Waals surface area contributed by atoms with Crippen molar-refractivity contribution in [2.75, 3.05) is 4.90 Å². The first kappa shape index (κ1) is 21.8. The van der Waals surface area contributed by atoms with E-state index in [4.69, 9.17) is 11.6 Å². The van der Waals surface area contributed by atoms with Crippen molar-refractivity contribution in [1.29, 1.82) is 0 Å². The summed E-state index contributed by atoms with van der Waals surface area (Å²) in [5.74, 6) is 0. The van der Waals surface area contributed by atoms with Crippen LogP contribution in [0.3, 0.4) is 0 Å². The highest BCUT2D eigenvalue weighted by atomic mass is 35.5. The average Bonchev–Trinajstić information content (AvgIpc) is 2.78. The van der Waals surface area contributed by atoms with E-state index in [1.54, 1.807) is 12.1 Å². The number of para-hydroxylation sites is 2. The Bertz CT molecular complexity index is 1050. The molecule has 0 heterocycles. The molecule has 0 amide bonds. The van der Waals surface area contributed by atoms with E-state index in [9.17, 15) is 13.5 Å². The zero-order chi connectivity index (χ0) is 21.8. The maximum absolute atomic E-state index is 12.9. The average molecular weight is 457 g/mol. The first-order chi connectivity index (χ1) is 15.0. The molecule has 3 aromatic carbocycles. The molecule has 1 fully saturated rings. The smallest absolute Gasteiger partial charge is 0.240 e. The summed E-state index contributed by atoms with van der Waals surface area (Å²) in [6.45, 7) is 0. The lowest BCUT2D eigenvalue weighted by Gasteiger charge is -2.42. The summed E-state index contributed by atoms with van der Waals surface area (Å²) >= 11 is 5.89. The van der Waals surface area contributed by atoms with Gasteiger partial charge in [0.05, 0.1) is 23.1 Å². The van der Waals surface area contributed by atoms with E-state index < -0.39 is 22.2 Å². The molecular weight excluding hydrogens is 432 g/mol. The fraction of sp³-hybridized carbons (Fsp3) is 0.250. The fourth-order valence-electron chi connectivity index (χ4n) is 4.16. The van der Waals surface area contributed by atoms with Crippen LogP contribution in [0.2, 0.25) is 5.02 Å². The van der Waals surface area contributed by atoms with Crippen molar-refractivity contribution in [3.63, 3.8) is 0 Å². The summed E-state index contributed by atoms with van der Waals surface area (Å²) in [5.41, 5.74) is 1.91. The van der Waals surface area contributed by atoms with Crippen LogP contribution < -0.4 is 9.62 Å². The molecule has 1 aliphatic carbocycles. The van der Waals surface area contributed by atoms with Gasteiger partial charge in [-0.1, -0.05) is 48.0 Å². The maximum Gasteiger partial charge on any atom is 0.240 e. The Morgan fingerprint density at radius 1 is 0.839 bits per heavy atom. The number of rotatable bonds is 6. The number of benzene rings is 3. The summed E-state index contributed by atoms with van der Waals surface area (Å²) in [7, 11) is -3.78. The van der Waals surface area contributed by atoms with Crippen molar-refractivity contribution in [3.8, 4) is 0 Å². The Morgan fingerprint density at radius 2 is 1.39 bits per heavy atom. The summed E-state index contributed by atoms with van der Waals surface area (Å²) in [6, 6.07) is 24.9. The van der Waals surface area contributed by atoms with Gasteiger partial charge in [-0.25, -0.2) is 13.1 Å². The van der Waals surface area contributed by atoms with Crippen molar-refractivity contribution >= 4 is 33.0 Å². The molecule has 0 spiro atoms. The van der Waals surface area contributed by atoms with E-state index in [-0.39, 0.29) is 10.9 Å². The number of aliphatic hydroxyl groups excluding tert-OH is 1. The van der Waals surface area contributed by atoms with Crippen LogP contribution in [0, 0.1) is 0 Å². The van der Waals surface area contributed by atoms with Crippen molar-refractivity contribution in [3.05, 3.63) is 90.0 Å². The Labute approximate surface area is 188 Å². The predicted molar refractivity (Wildman–Crippen MR) is 124 cm³/mol. The maximum atomic E-state index is 12.9. The lowest BCUT2D eigenvalue weighted by molar-refractivity contribution is 0.0812. The monoisotopic (exact) mass is 456 g/mol. The predicted octanol–water partition coefficient (Wildman–Crippen LogP) is 4.74. The first-order valence-corrected chi connectivity index (χ1v) is 12.2. The number of halogens is 1. The molecule has 0 aromatic heterocycles. The Morgan fingerprint density at radius 3 is 1.94 bits per heavy atom. The number of sulfonamides is 1. The third-order valence-corrected chi connectivity index (χ3v) is 7.41. The SMILES string of the molecule is O=S(=O)(N[C@H]1CCC[C@@H](N(c2ccccc2)c2ccccc2)[C@@H]1O)c1ccc(Cl)cc1. The molecule has 1 saturated carbocycles. The molecule has 31 heavy (non-hydrogen) atoms. The molecule has 4 rings (SSSR count). The fourth-order valence-corrected chi connectivity index (χ4v) is 5.57. The summed E-state index contributed by atoms with van der Waals surface area (Å²) in [4.78, 5) is 2.24. The van der Waals surface area contributed by atoms with E-state index >= 15 is 0 Å². The third kappa shape index (κ3) is 4.93. The molecule has 0 bridgehead atoms. The normalized spacial score (nSPS) is 21.5. The minimum Gasteiger partial charge on any atom is -0.389 e. The molecule has 5 nitrogen and oxygen atoms in total. The highest BCUT2D eigenvalue weighted by molar-refractivity contribution is 7.89. The van der Waals surface area contributed by atoms with Gasteiger partial charge in [-0.2, -0.15) is 0 Å². The molecule has 2 N–H and O–H groups in total. The van der Waals surface area contributed by atoms with Crippen LogP contribution >= 0.6 is 11.6 Å². The number of anilines is 2. The highest BCUT2D eigenvalue weighted by Gasteiger charge is 2.38. The van der Waals surface area contributed by atoms with Crippen LogP contribution in [-0.2, 0) is 10.0 Å². The minimum absolute atomic E-state index is 0.134. The van der Waals surface area contributed by atoms with Gasteiger partial charge in [0.2, 0.25) is 10.0 Å². The molecule has 7 heteroatoms. The number of nitrogens with zero attached hydrogens (tertiary/aromatic N) is 1. The molecule has 3 atom stereocenters.